The monoisotopic (exact) mass is 438 g/mol. The number of nitrogens with zero attached hydrogens (tertiary/aromatic N) is 1. The third-order valence-electron chi connectivity index (χ3n) is 5.59. The van der Waals surface area contributed by atoms with E-state index in [0.717, 1.165) is 29.7 Å². The van der Waals surface area contributed by atoms with Crippen molar-refractivity contribution in [1.82, 2.24) is 5.32 Å². The lowest BCUT2D eigenvalue weighted by atomic mass is 9.86. The van der Waals surface area contributed by atoms with E-state index < -0.39 is 0 Å². The van der Waals surface area contributed by atoms with Gasteiger partial charge in [0, 0.05) is 0 Å². The molecule has 32 heavy (non-hydrogen) atoms. The molecule has 0 aromatic heterocycles. The SMILES string of the molecule is CCCCOc1ccc([C@H](C)NC(=O)CN2C(=O)COc3ccc(C(C)(C)C)cc32)cc1. The van der Waals surface area contributed by atoms with Gasteiger partial charge in [-0.15, -0.1) is 0 Å². The van der Waals surface area contributed by atoms with Crippen molar-refractivity contribution in [2.24, 2.45) is 0 Å². The average molecular weight is 439 g/mol. The molecule has 0 unspecified atom stereocenters. The highest BCUT2D eigenvalue weighted by atomic mass is 16.5. The van der Waals surface area contributed by atoms with Crippen LogP contribution in [0, 0.1) is 0 Å². The van der Waals surface area contributed by atoms with Crippen molar-refractivity contribution in [2.45, 2.75) is 58.9 Å². The van der Waals surface area contributed by atoms with Crippen molar-refractivity contribution in [2.75, 3.05) is 24.7 Å². The fourth-order valence-corrected chi connectivity index (χ4v) is 3.54. The second-order valence-electron chi connectivity index (χ2n) is 9.26. The van der Waals surface area contributed by atoms with Gasteiger partial charge in [0.05, 0.1) is 18.3 Å². The summed E-state index contributed by atoms with van der Waals surface area (Å²) in [6.07, 6.45) is 2.11. The van der Waals surface area contributed by atoms with Crippen LogP contribution in [0.3, 0.4) is 0 Å². The summed E-state index contributed by atoms with van der Waals surface area (Å²) in [7, 11) is 0. The van der Waals surface area contributed by atoms with E-state index in [1.807, 2.05) is 49.4 Å². The summed E-state index contributed by atoms with van der Waals surface area (Å²) in [5, 5.41) is 3.00. The van der Waals surface area contributed by atoms with Gasteiger partial charge in [-0.25, -0.2) is 0 Å². The number of amides is 2. The first-order valence-electron chi connectivity index (χ1n) is 11.3. The van der Waals surface area contributed by atoms with Crippen LogP contribution in [0.5, 0.6) is 11.5 Å². The van der Waals surface area contributed by atoms with Gasteiger partial charge in [-0.05, 0) is 54.2 Å². The molecule has 0 aliphatic carbocycles. The van der Waals surface area contributed by atoms with Crippen molar-refractivity contribution in [1.29, 1.82) is 0 Å². The van der Waals surface area contributed by atoms with Crippen LogP contribution in [0.25, 0.3) is 0 Å². The van der Waals surface area contributed by atoms with Gasteiger partial charge in [0.1, 0.15) is 18.0 Å². The number of unbranched alkanes of at least 4 members (excludes halogenated alkanes) is 1. The molecule has 6 heteroatoms. The highest BCUT2D eigenvalue weighted by Gasteiger charge is 2.29. The molecule has 2 aromatic rings. The molecule has 1 heterocycles. The molecule has 0 fully saturated rings. The molecule has 1 N–H and O–H groups in total. The standard InChI is InChI=1S/C26H34N2O4/c1-6-7-14-31-21-11-8-19(9-12-21)18(2)27-24(29)16-28-22-15-20(26(3,4)5)10-13-23(22)32-17-25(28)30/h8-13,15,18H,6-7,14,16-17H2,1-5H3,(H,27,29)/t18-/m0/s1. The van der Waals surface area contributed by atoms with Crippen LogP contribution in [-0.4, -0.2) is 31.6 Å². The Kier molecular flexibility index (Phi) is 7.44. The molecular formula is C26H34N2O4. The largest absolute Gasteiger partial charge is 0.494 e. The number of benzene rings is 2. The lowest BCUT2D eigenvalue weighted by Gasteiger charge is -2.31. The number of fused-ring (bicyclic) bond motifs is 1. The maximum Gasteiger partial charge on any atom is 0.265 e. The highest BCUT2D eigenvalue weighted by Crippen LogP contribution is 2.36. The smallest absolute Gasteiger partial charge is 0.265 e. The van der Waals surface area contributed by atoms with Crippen LogP contribution in [-0.2, 0) is 15.0 Å². The first-order valence-corrected chi connectivity index (χ1v) is 11.3. The van der Waals surface area contributed by atoms with Crippen LogP contribution < -0.4 is 19.7 Å². The van der Waals surface area contributed by atoms with Gasteiger partial charge in [0.2, 0.25) is 5.91 Å². The second-order valence-corrected chi connectivity index (χ2v) is 9.26. The lowest BCUT2D eigenvalue weighted by molar-refractivity contribution is -0.125. The zero-order valence-electron chi connectivity index (χ0n) is 19.7. The van der Waals surface area contributed by atoms with E-state index in [4.69, 9.17) is 9.47 Å². The molecule has 1 aliphatic heterocycles. The van der Waals surface area contributed by atoms with Crippen molar-refractivity contribution in [3.63, 3.8) is 0 Å². The Morgan fingerprint density at radius 2 is 1.91 bits per heavy atom. The summed E-state index contributed by atoms with van der Waals surface area (Å²) >= 11 is 0. The number of rotatable bonds is 8. The Balaban J connectivity index is 1.66. The van der Waals surface area contributed by atoms with Crippen molar-refractivity contribution in [3.05, 3.63) is 53.6 Å². The van der Waals surface area contributed by atoms with Gasteiger partial charge in [-0.1, -0.05) is 52.3 Å². The van der Waals surface area contributed by atoms with Gasteiger partial charge in [-0.2, -0.15) is 0 Å². The summed E-state index contributed by atoms with van der Waals surface area (Å²) in [5.41, 5.74) is 2.62. The Hall–Kier alpha value is -3.02. The number of hydrogen-bond donors (Lipinski definition) is 1. The molecule has 6 nitrogen and oxygen atoms in total. The number of carbonyl (C=O) groups is 2. The zero-order valence-corrected chi connectivity index (χ0v) is 19.7. The minimum atomic E-state index is -0.222. The molecule has 1 atom stereocenters. The zero-order chi connectivity index (χ0) is 23.3. The van der Waals surface area contributed by atoms with Crippen LogP contribution in [0.4, 0.5) is 5.69 Å². The fourth-order valence-electron chi connectivity index (χ4n) is 3.54. The third-order valence-corrected chi connectivity index (χ3v) is 5.59. The van der Waals surface area contributed by atoms with Gasteiger partial charge in [-0.3, -0.25) is 14.5 Å². The fraction of sp³-hybridized carbons (Fsp3) is 0.462. The first-order chi connectivity index (χ1) is 15.2. The van der Waals surface area contributed by atoms with Gasteiger partial charge in [0.25, 0.3) is 5.91 Å². The second kappa shape index (κ2) is 10.1. The van der Waals surface area contributed by atoms with E-state index >= 15 is 0 Å². The molecule has 1 aliphatic rings. The normalized spacial score (nSPS) is 14.4. The molecule has 0 bridgehead atoms. The van der Waals surface area contributed by atoms with Crippen LogP contribution in [0.15, 0.2) is 42.5 Å². The number of anilines is 1. The average Bonchev–Trinajstić information content (AvgIpc) is 2.75. The van der Waals surface area contributed by atoms with Crippen LogP contribution >= 0.6 is 0 Å². The molecular weight excluding hydrogens is 404 g/mol. The van der Waals surface area contributed by atoms with E-state index in [-0.39, 0.29) is 36.4 Å². The van der Waals surface area contributed by atoms with E-state index in [1.165, 1.54) is 4.90 Å². The summed E-state index contributed by atoms with van der Waals surface area (Å²) in [4.78, 5) is 26.9. The maximum atomic E-state index is 12.8. The number of ether oxygens (including phenoxy) is 2. The Morgan fingerprint density at radius 1 is 1.19 bits per heavy atom. The first kappa shape index (κ1) is 23.6. The number of carbonyl (C=O) groups excluding carboxylic acids is 2. The van der Waals surface area contributed by atoms with Crippen molar-refractivity contribution < 1.29 is 19.1 Å². The predicted molar refractivity (Wildman–Crippen MR) is 126 cm³/mol. The Morgan fingerprint density at radius 3 is 2.56 bits per heavy atom. The summed E-state index contributed by atoms with van der Waals surface area (Å²) in [6.45, 7) is 11.0. The maximum absolute atomic E-state index is 12.8. The van der Waals surface area contributed by atoms with E-state index in [0.29, 0.717) is 18.0 Å². The Labute approximate surface area is 190 Å². The molecule has 3 rings (SSSR count). The molecule has 172 valence electrons. The molecule has 0 radical (unpaired) electrons. The van der Waals surface area contributed by atoms with E-state index in [1.54, 1.807) is 0 Å². The number of nitrogens with one attached hydrogen (secondary N) is 1. The number of hydrogen-bond acceptors (Lipinski definition) is 4. The van der Waals surface area contributed by atoms with E-state index in [9.17, 15) is 9.59 Å². The molecule has 0 spiro atoms. The molecule has 2 aromatic carbocycles. The summed E-state index contributed by atoms with van der Waals surface area (Å²) in [5.74, 6) is 1.01. The minimum Gasteiger partial charge on any atom is -0.494 e. The minimum absolute atomic E-state index is 0.0503. The quantitative estimate of drug-likeness (QED) is 0.603. The van der Waals surface area contributed by atoms with Gasteiger partial charge < -0.3 is 14.8 Å². The highest BCUT2D eigenvalue weighted by molar-refractivity contribution is 6.02. The Bertz CT molecular complexity index is 947. The molecule has 0 saturated carbocycles. The van der Waals surface area contributed by atoms with Crippen LogP contribution in [0.1, 0.15) is 64.6 Å². The summed E-state index contributed by atoms with van der Waals surface area (Å²) in [6, 6.07) is 13.4. The van der Waals surface area contributed by atoms with E-state index in [2.05, 4.69) is 33.0 Å². The lowest BCUT2D eigenvalue weighted by Crippen LogP contribution is -2.45. The van der Waals surface area contributed by atoms with Crippen molar-refractivity contribution in [3.8, 4) is 11.5 Å². The topological polar surface area (TPSA) is 67.9 Å². The summed E-state index contributed by atoms with van der Waals surface area (Å²) < 4.78 is 11.3. The molecule has 0 saturated heterocycles. The predicted octanol–water partition coefficient (Wildman–Crippen LogP) is 4.77. The third kappa shape index (κ3) is 5.81. The van der Waals surface area contributed by atoms with Crippen molar-refractivity contribution >= 4 is 17.5 Å². The van der Waals surface area contributed by atoms with Gasteiger partial charge in [0.15, 0.2) is 6.61 Å². The molecule has 2 amide bonds. The van der Waals surface area contributed by atoms with Gasteiger partial charge >= 0.3 is 0 Å². The van der Waals surface area contributed by atoms with Crippen LogP contribution in [0.2, 0.25) is 0 Å².